The van der Waals surface area contributed by atoms with Crippen molar-refractivity contribution in [2.24, 2.45) is 11.8 Å². The molecule has 0 atom stereocenters. The van der Waals surface area contributed by atoms with Crippen molar-refractivity contribution in [3.05, 3.63) is 29.3 Å². The molecule has 0 saturated carbocycles. The largest absolute Gasteiger partial charge is 0.399 e. The van der Waals surface area contributed by atoms with Crippen LogP contribution in [0.3, 0.4) is 0 Å². The Balaban J connectivity index is 1.89. The van der Waals surface area contributed by atoms with Gasteiger partial charge in [-0.3, -0.25) is 4.90 Å². The Hall–Kier alpha value is -1.02. The molecule has 1 aromatic carbocycles. The number of hydrogen-bond donors (Lipinski definition) is 1. The fourth-order valence-electron chi connectivity index (χ4n) is 2.82. The second-order valence-electron chi connectivity index (χ2n) is 6.05. The van der Waals surface area contributed by atoms with Gasteiger partial charge in [0.05, 0.1) is 0 Å². The van der Waals surface area contributed by atoms with Crippen LogP contribution in [0.2, 0.25) is 0 Å². The van der Waals surface area contributed by atoms with Gasteiger partial charge in [-0.25, -0.2) is 0 Å². The topological polar surface area (TPSA) is 29.3 Å². The smallest absolute Gasteiger partial charge is 0.0346 e. The van der Waals surface area contributed by atoms with Crippen LogP contribution in [0.25, 0.3) is 0 Å². The highest BCUT2D eigenvalue weighted by Gasteiger charge is 2.21. The highest BCUT2D eigenvalue weighted by atomic mass is 15.1. The summed E-state index contributed by atoms with van der Waals surface area (Å²) in [6.45, 7) is 10.3. The van der Waals surface area contributed by atoms with Gasteiger partial charge in [-0.05, 0) is 61.9 Å². The Morgan fingerprint density at radius 3 is 2.50 bits per heavy atom. The molecule has 2 nitrogen and oxygen atoms in total. The summed E-state index contributed by atoms with van der Waals surface area (Å²) in [5.41, 5.74) is 9.42. The minimum Gasteiger partial charge on any atom is -0.399 e. The van der Waals surface area contributed by atoms with Crippen molar-refractivity contribution in [2.45, 2.75) is 40.2 Å². The molecule has 0 aliphatic carbocycles. The summed E-state index contributed by atoms with van der Waals surface area (Å²) in [5.74, 6) is 1.76. The van der Waals surface area contributed by atoms with Crippen molar-refractivity contribution >= 4 is 5.69 Å². The summed E-state index contributed by atoms with van der Waals surface area (Å²) in [5, 5.41) is 0. The van der Waals surface area contributed by atoms with Crippen molar-refractivity contribution in [3.8, 4) is 0 Å². The third-order valence-corrected chi connectivity index (χ3v) is 4.32. The molecule has 2 N–H and O–H groups in total. The van der Waals surface area contributed by atoms with Crippen molar-refractivity contribution in [2.75, 3.05) is 18.8 Å². The molecule has 1 aliphatic rings. The van der Waals surface area contributed by atoms with Gasteiger partial charge in [-0.15, -0.1) is 0 Å². The maximum atomic E-state index is 5.97. The van der Waals surface area contributed by atoms with Crippen LogP contribution in [0.15, 0.2) is 18.2 Å². The summed E-state index contributed by atoms with van der Waals surface area (Å²) in [6.07, 6.45) is 2.69. The van der Waals surface area contributed by atoms with Gasteiger partial charge in [0.2, 0.25) is 0 Å². The normalized spacial score (nSPS) is 18.4. The number of aryl methyl sites for hydroxylation is 1. The van der Waals surface area contributed by atoms with Crippen LogP contribution in [0, 0.1) is 18.8 Å². The fourth-order valence-corrected chi connectivity index (χ4v) is 2.82. The highest BCUT2D eigenvalue weighted by Crippen LogP contribution is 2.25. The molecule has 2 heteroatoms. The molecule has 1 aliphatic heterocycles. The van der Waals surface area contributed by atoms with E-state index in [4.69, 9.17) is 5.73 Å². The predicted molar refractivity (Wildman–Crippen MR) is 78.4 cm³/mol. The number of piperidine rings is 1. The number of nitrogens with zero attached hydrogens (tertiary/aromatic N) is 1. The van der Waals surface area contributed by atoms with E-state index >= 15 is 0 Å². The molecule has 18 heavy (non-hydrogen) atoms. The lowest BCUT2D eigenvalue weighted by Gasteiger charge is -2.33. The van der Waals surface area contributed by atoms with Gasteiger partial charge in [0.1, 0.15) is 0 Å². The molecule has 100 valence electrons. The van der Waals surface area contributed by atoms with Crippen LogP contribution in [0.1, 0.15) is 37.8 Å². The Labute approximate surface area is 111 Å². The van der Waals surface area contributed by atoms with Crippen molar-refractivity contribution in [1.29, 1.82) is 0 Å². The van der Waals surface area contributed by atoms with E-state index in [0.29, 0.717) is 0 Å². The molecule has 2 rings (SSSR count). The Morgan fingerprint density at radius 2 is 1.94 bits per heavy atom. The minimum atomic E-state index is 0.835. The Morgan fingerprint density at radius 1 is 1.28 bits per heavy atom. The zero-order chi connectivity index (χ0) is 13.1. The highest BCUT2D eigenvalue weighted by molar-refractivity contribution is 5.48. The standard InChI is InChI=1S/C16H26N2/c1-12(2)15-6-8-18(9-7-15)11-14-5-4-13(3)16(17)10-14/h4-5,10,12,15H,6-9,11,17H2,1-3H3. The van der Waals surface area contributed by atoms with E-state index in [2.05, 4.69) is 43.9 Å². The van der Waals surface area contributed by atoms with Crippen molar-refractivity contribution in [3.63, 3.8) is 0 Å². The molecule has 1 aromatic rings. The molecule has 0 bridgehead atoms. The fraction of sp³-hybridized carbons (Fsp3) is 0.625. The third kappa shape index (κ3) is 3.26. The number of nitrogen functional groups attached to an aromatic ring is 1. The maximum Gasteiger partial charge on any atom is 0.0346 e. The molecule has 0 aromatic heterocycles. The predicted octanol–water partition coefficient (Wildman–Crippen LogP) is 3.45. The SMILES string of the molecule is Cc1ccc(CN2CCC(C(C)C)CC2)cc1N. The monoisotopic (exact) mass is 246 g/mol. The van der Waals surface area contributed by atoms with Crippen LogP contribution < -0.4 is 5.73 Å². The van der Waals surface area contributed by atoms with Crippen molar-refractivity contribution in [1.82, 2.24) is 4.90 Å². The summed E-state index contributed by atoms with van der Waals surface area (Å²) in [7, 11) is 0. The van der Waals surface area contributed by atoms with E-state index < -0.39 is 0 Å². The van der Waals surface area contributed by atoms with Gasteiger partial charge < -0.3 is 5.73 Å². The zero-order valence-electron chi connectivity index (χ0n) is 11.9. The van der Waals surface area contributed by atoms with E-state index in [9.17, 15) is 0 Å². The van der Waals surface area contributed by atoms with E-state index in [1.165, 1.54) is 37.1 Å². The van der Waals surface area contributed by atoms with Crippen LogP contribution in [0.4, 0.5) is 5.69 Å². The van der Waals surface area contributed by atoms with Gasteiger partial charge in [-0.1, -0.05) is 26.0 Å². The quantitative estimate of drug-likeness (QED) is 0.828. The minimum absolute atomic E-state index is 0.835. The second-order valence-corrected chi connectivity index (χ2v) is 6.05. The number of benzene rings is 1. The molecular weight excluding hydrogens is 220 g/mol. The lowest BCUT2D eigenvalue weighted by Crippen LogP contribution is -2.34. The maximum absolute atomic E-state index is 5.97. The molecule has 0 radical (unpaired) electrons. The molecule has 1 heterocycles. The van der Waals surface area contributed by atoms with Gasteiger partial charge in [0, 0.05) is 12.2 Å². The summed E-state index contributed by atoms with van der Waals surface area (Å²) in [6, 6.07) is 6.47. The van der Waals surface area contributed by atoms with Crippen LogP contribution in [-0.2, 0) is 6.54 Å². The first-order chi connectivity index (χ1) is 8.56. The van der Waals surface area contributed by atoms with E-state index in [-0.39, 0.29) is 0 Å². The lowest BCUT2D eigenvalue weighted by atomic mass is 9.86. The number of anilines is 1. The Bertz CT molecular complexity index is 390. The molecular formula is C16H26N2. The van der Waals surface area contributed by atoms with Crippen LogP contribution in [-0.4, -0.2) is 18.0 Å². The van der Waals surface area contributed by atoms with Crippen molar-refractivity contribution < 1.29 is 0 Å². The number of rotatable bonds is 3. The van der Waals surface area contributed by atoms with E-state index in [0.717, 1.165) is 24.1 Å². The summed E-state index contributed by atoms with van der Waals surface area (Å²) >= 11 is 0. The molecule has 0 unspecified atom stereocenters. The average molecular weight is 246 g/mol. The summed E-state index contributed by atoms with van der Waals surface area (Å²) in [4.78, 5) is 2.56. The van der Waals surface area contributed by atoms with E-state index in [1.54, 1.807) is 0 Å². The first-order valence-corrected chi connectivity index (χ1v) is 7.13. The molecule has 0 spiro atoms. The molecule has 1 saturated heterocycles. The average Bonchev–Trinajstić information content (AvgIpc) is 2.34. The van der Waals surface area contributed by atoms with Gasteiger partial charge in [0.25, 0.3) is 0 Å². The first-order valence-electron chi connectivity index (χ1n) is 7.13. The van der Waals surface area contributed by atoms with Gasteiger partial charge in [-0.2, -0.15) is 0 Å². The van der Waals surface area contributed by atoms with Crippen LogP contribution >= 0.6 is 0 Å². The third-order valence-electron chi connectivity index (χ3n) is 4.32. The van der Waals surface area contributed by atoms with Gasteiger partial charge in [0.15, 0.2) is 0 Å². The zero-order valence-corrected chi connectivity index (χ0v) is 11.9. The Kier molecular flexibility index (Phi) is 4.28. The number of nitrogens with two attached hydrogens (primary N) is 1. The molecule has 0 amide bonds. The number of likely N-dealkylation sites (tertiary alicyclic amines) is 1. The second kappa shape index (κ2) is 5.75. The first kappa shape index (κ1) is 13.4. The van der Waals surface area contributed by atoms with E-state index in [1.807, 2.05) is 0 Å². The molecule has 1 fully saturated rings. The number of hydrogen-bond acceptors (Lipinski definition) is 2. The summed E-state index contributed by atoms with van der Waals surface area (Å²) < 4.78 is 0. The van der Waals surface area contributed by atoms with Crippen LogP contribution in [0.5, 0.6) is 0 Å². The lowest BCUT2D eigenvalue weighted by molar-refractivity contribution is 0.152. The van der Waals surface area contributed by atoms with Gasteiger partial charge >= 0.3 is 0 Å².